The zero-order valence-corrected chi connectivity index (χ0v) is 20.0. The number of hydrogen-bond acceptors (Lipinski definition) is 5. The summed E-state index contributed by atoms with van der Waals surface area (Å²) in [5, 5.41) is 4.12. The molecule has 1 N–H and O–H groups in total. The monoisotopic (exact) mass is 466 g/mol. The molecule has 0 saturated carbocycles. The Kier molecular flexibility index (Phi) is 6.91. The third kappa shape index (κ3) is 5.78. The van der Waals surface area contributed by atoms with Crippen molar-refractivity contribution in [1.29, 1.82) is 0 Å². The number of likely N-dealkylation sites (N-methyl/N-ethyl adjacent to an activating group) is 1. The van der Waals surface area contributed by atoms with Crippen molar-refractivity contribution in [3.8, 4) is 5.75 Å². The number of ether oxygens (including phenoxy) is 1. The fourth-order valence-electron chi connectivity index (χ4n) is 4.37. The molecule has 6 nitrogen and oxygen atoms in total. The molecule has 1 aliphatic rings. The summed E-state index contributed by atoms with van der Waals surface area (Å²) in [7, 11) is 2.15. The number of amides is 1. The Morgan fingerprint density at radius 1 is 0.914 bits per heavy atom. The van der Waals surface area contributed by atoms with Crippen LogP contribution in [0.4, 0.5) is 11.4 Å². The number of piperazine rings is 1. The fourth-order valence-corrected chi connectivity index (χ4v) is 4.37. The normalized spacial score (nSPS) is 14.1. The summed E-state index contributed by atoms with van der Waals surface area (Å²) < 4.78 is 5.84. The van der Waals surface area contributed by atoms with Crippen molar-refractivity contribution in [2.75, 3.05) is 43.4 Å². The molecular formula is C29H30N4O2. The second kappa shape index (κ2) is 10.6. The standard InChI is InChI=1S/C29H30N4O2/c1-32-15-17-33(18-16-32)28-13-14-30-27-12-9-24(20-26(27)28)31-29(34)19-22-7-10-25(11-8-22)35-21-23-5-3-2-4-6-23/h2-14,20H,15-19,21H2,1H3,(H,31,34). The van der Waals surface area contributed by atoms with E-state index in [0.29, 0.717) is 13.0 Å². The minimum absolute atomic E-state index is 0.0488. The van der Waals surface area contributed by atoms with Gasteiger partial charge in [0.1, 0.15) is 12.4 Å². The molecule has 0 bridgehead atoms. The van der Waals surface area contributed by atoms with Gasteiger partial charge >= 0.3 is 0 Å². The van der Waals surface area contributed by atoms with Gasteiger partial charge in [0.15, 0.2) is 0 Å². The zero-order chi connectivity index (χ0) is 24.0. The first-order chi connectivity index (χ1) is 17.1. The maximum atomic E-state index is 12.8. The molecule has 0 unspecified atom stereocenters. The minimum atomic E-state index is -0.0488. The highest BCUT2D eigenvalue weighted by atomic mass is 16.5. The van der Waals surface area contributed by atoms with Crippen LogP contribution in [0.5, 0.6) is 5.75 Å². The summed E-state index contributed by atoms with van der Waals surface area (Å²) in [6.45, 7) is 4.56. The molecule has 5 rings (SSSR count). The molecule has 1 fully saturated rings. The summed E-state index contributed by atoms with van der Waals surface area (Å²) in [6, 6.07) is 25.8. The number of anilines is 2. The zero-order valence-electron chi connectivity index (χ0n) is 20.0. The summed E-state index contributed by atoms with van der Waals surface area (Å²) in [6.07, 6.45) is 2.16. The largest absolute Gasteiger partial charge is 0.489 e. The molecule has 6 heteroatoms. The average molecular weight is 467 g/mol. The average Bonchev–Trinajstić information content (AvgIpc) is 2.89. The highest BCUT2D eigenvalue weighted by molar-refractivity contribution is 5.98. The quantitative estimate of drug-likeness (QED) is 0.426. The summed E-state index contributed by atoms with van der Waals surface area (Å²) in [4.78, 5) is 22.0. The van der Waals surface area contributed by atoms with Crippen LogP contribution in [0.25, 0.3) is 10.9 Å². The van der Waals surface area contributed by atoms with E-state index in [2.05, 4.69) is 33.2 Å². The molecule has 1 amide bonds. The fraction of sp³-hybridized carbons (Fsp3) is 0.241. The molecule has 0 aliphatic carbocycles. The van der Waals surface area contributed by atoms with Crippen LogP contribution in [0.1, 0.15) is 11.1 Å². The van der Waals surface area contributed by atoms with Gasteiger partial charge in [-0.1, -0.05) is 42.5 Å². The Hall–Kier alpha value is -3.90. The SMILES string of the molecule is CN1CCN(c2ccnc3ccc(NC(=O)Cc4ccc(OCc5ccccc5)cc4)cc23)CC1. The first-order valence-electron chi connectivity index (χ1n) is 12.0. The molecule has 1 aliphatic heterocycles. The van der Waals surface area contributed by atoms with Crippen molar-refractivity contribution in [1.82, 2.24) is 9.88 Å². The molecule has 178 valence electrons. The van der Waals surface area contributed by atoms with Gasteiger partial charge in [-0.2, -0.15) is 0 Å². The topological polar surface area (TPSA) is 57.7 Å². The lowest BCUT2D eigenvalue weighted by Crippen LogP contribution is -2.44. The van der Waals surface area contributed by atoms with Crippen LogP contribution in [0.2, 0.25) is 0 Å². The van der Waals surface area contributed by atoms with Gasteiger partial charge in [-0.25, -0.2) is 0 Å². The summed E-state index contributed by atoms with van der Waals surface area (Å²) >= 11 is 0. The Bertz CT molecular complexity index is 1280. The van der Waals surface area contributed by atoms with Crippen LogP contribution >= 0.6 is 0 Å². The molecule has 4 aromatic rings. The highest BCUT2D eigenvalue weighted by Crippen LogP contribution is 2.29. The van der Waals surface area contributed by atoms with Gasteiger partial charge < -0.3 is 19.9 Å². The van der Waals surface area contributed by atoms with E-state index < -0.39 is 0 Å². The van der Waals surface area contributed by atoms with Gasteiger partial charge in [0.2, 0.25) is 5.91 Å². The van der Waals surface area contributed by atoms with Gasteiger partial charge in [-0.3, -0.25) is 9.78 Å². The Morgan fingerprint density at radius 3 is 2.46 bits per heavy atom. The number of nitrogens with zero attached hydrogens (tertiary/aromatic N) is 3. The van der Waals surface area contributed by atoms with Gasteiger partial charge in [0, 0.05) is 49.1 Å². The van der Waals surface area contributed by atoms with E-state index in [-0.39, 0.29) is 5.91 Å². The summed E-state index contributed by atoms with van der Waals surface area (Å²) in [5.74, 6) is 0.740. The molecule has 0 spiro atoms. The second-order valence-electron chi connectivity index (χ2n) is 9.00. The van der Waals surface area contributed by atoms with Crippen LogP contribution in [0.15, 0.2) is 85.1 Å². The van der Waals surface area contributed by atoms with Crippen LogP contribution in [-0.2, 0) is 17.8 Å². The van der Waals surface area contributed by atoms with Gasteiger partial charge in [0.25, 0.3) is 0 Å². The third-order valence-electron chi connectivity index (χ3n) is 6.38. The number of hydrogen-bond donors (Lipinski definition) is 1. The van der Waals surface area contributed by atoms with E-state index in [1.165, 1.54) is 5.69 Å². The molecule has 3 aromatic carbocycles. The van der Waals surface area contributed by atoms with Crippen LogP contribution in [0.3, 0.4) is 0 Å². The van der Waals surface area contributed by atoms with Crippen molar-refractivity contribution < 1.29 is 9.53 Å². The number of rotatable bonds is 7. The van der Waals surface area contributed by atoms with Crippen LogP contribution in [0, 0.1) is 0 Å². The smallest absolute Gasteiger partial charge is 0.228 e. The molecule has 35 heavy (non-hydrogen) atoms. The van der Waals surface area contributed by atoms with Crippen molar-refractivity contribution in [3.63, 3.8) is 0 Å². The van der Waals surface area contributed by atoms with Crippen LogP contribution in [-0.4, -0.2) is 49.0 Å². The van der Waals surface area contributed by atoms with E-state index in [1.54, 1.807) is 0 Å². The number of pyridine rings is 1. The number of fused-ring (bicyclic) bond motifs is 1. The Labute approximate surface area is 206 Å². The van der Waals surface area contributed by atoms with E-state index in [4.69, 9.17) is 4.74 Å². The molecule has 1 aromatic heterocycles. The van der Waals surface area contributed by atoms with Gasteiger partial charge in [0.05, 0.1) is 11.9 Å². The maximum Gasteiger partial charge on any atom is 0.228 e. The van der Waals surface area contributed by atoms with Crippen molar-refractivity contribution in [2.45, 2.75) is 13.0 Å². The number of nitrogens with one attached hydrogen (secondary N) is 1. The number of benzene rings is 3. The lowest BCUT2D eigenvalue weighted by Gasteiger charge is -2.34. The van der Waals surface area contributed by atoms with E-state index in [0.717, 1.165) is 59.6 Å². The number of carbonyl (C=O) groups is 1. The first-order valence-corrected chi connectivity index (χ1v) is 12.0. The lowest BCUT2D eigenvalue weighted by molar-refractivity contribution is -0.115. The predicted molar refractivity (Wildman–Crippen MR) is 141 cm³/mol. The molecule has 2 heterocycles. The molecule has 0 atom stereocenters. The van der Waals surface area contributed by atoms with Crippen molar-refractivity contribution in [2.24, 2.45) is 0 Å². The molecule has 0 radical (unpaired) electrons. The number of aromatic nitrogens is 1. The van der Waals surface area contributed by atoms with Crippen molar-refractivity contribution >= 4 is 28.2 Å². The minimum Gasteiger partial charge on any atom is -0.489 e. The Morgan fingerprint density at radius 2 is 1.69 bits per heavy atom. The van der Waals surface area contributed by atoms with E-state index in [1.807, 2.05) is 79.0 Å². The number of carbonyl (C=O) groups excluding carboxylic acids is 1. The maximum absolute atomic E-state index is 12.8. The molecular weight excluding hydrogens is 436 g/mol. The third-order valence-corrected chi connectivity index (χ3v) is 6.38. The van der Waals surface area contributed by atoms with Gasteiger partial charge in [-0.15, -0.1) is 0 Å². The summed E-state index contributed by atoms with van der Waals surface area (Å²) in [5.41, 5.74) is 4.96. The van der Waals surface area contributed by atoms with Crippen molar-refractivity contribution in [3.05, 3.63) is 96.2 Å². The lowest BCUT2D eigenvalue weighted by atomic mass is 10.1. The van der Waals surface area contributed by atoms with Gasteiger partial charge in [-0.05, 0) is 54.6 Å². The van der Waals surface area contributed by atoms with E-state index >= 15 is 0 Å². The molecule has 1 saturated heterocycles. The predicted octanol–water partition coefficient (Wildman–Crippen LogP) is 4.75. The van der Waals surface area contributed by atoms with Crippen LogP contribution < -0.4 is 15.0 Å². The highest BCUT2D eigenvalue weighted by Gasteiger charge is 2.17. The second-order valence-corrected chi connectivity index (χ2v) is 9.00. The first kappa shape index (κ1) is 22.9. The Balaban J connectivity index is 1.22. The van der Waals surface area contributed by atoms with E-state index in [9.17, 15) is 4.79 Å².